The molecule has 1 atom stereocenters. The average Bonchev–Trinajstić information content (AvgIpc) is 2.02. The maximum Gasteiger partial charge on any atom is 0.353 e. The molecule has 0 bridgehead atoms. The van der Waals surface area contributed by atoms with E-state index < -0.39 is 31.0 Å². The number of carbonyl (C=O) groups is 1. The molecular formula is C6H7F5NO. The van der Waals surface area contributed by atoms with Gasteiger partial charge in [-0.1, -0.05) is 0 Å². The minimum absolute atomic E-state index is 0.735. The van der Waals surface area contributed by atoms with Crippen LogP contribution < -0.4 is 5.32 Å². The quantitative estimate of drug-likeness (QED) is 0.548. The highest BCUT2D eigenvalue weighted by atomic mass is 19.3. The number of hydrogen-bond donors (Lipinski definition) is 1. The van der Waals surface area contributed by atoms with Crippen LogP contribution in [0.15, 0.2) is 0 Å². The second-order valence-electron chi connectivity index (χ2n) is 2.34. The lowest BCUT2D eigenvalue weighted by Gasteiger charge is -2.16. The van der Waals surface area contributed by atoms with Gasteiger partial charge in [0, 0.05) is 0 Å². The topological polar surface area (TPSA) is 29.1 Å². The molecule has 1 N–H and O–H groups in total. The maximum atomic E-state index is 12.1. The average molecular weight is 204 g/mol. The highest BCUT2D eigenvalue weighted by molar-refractivity contribution is 5.80. The minimum atomic E-state index is -4.08. The molecule has 0 aliphatic heterocycles. The van der Waals surface area contributed by atoms with E-state index in [4.69, 9.17) is 0 Å². The molecule has 7 heteroatoms. The lowest BCUT2D eigenvalue weighted by Crippen LogP contribution is -2.45. The van der Waals surface area contributed by atoms with Gasteiger partial charge < -0.3 is 0 Å². The Morgan fingerprint density at radius 3 is 2.23 bits per heavy atom. The minimum Gasteiger partial charge on any atom is -0.295 e. The van der Waals surface area contributed by atoms with Crippen molar-refractivity contribution in [3.8, 4) is 0 Å². The number of rotatable bonds is 4. The third-order valence-electron chi connectivity index (χ3n) is 1.19. The summed E-state index contributed by atoms with van der Waals surface area (Å²) in [7, 11) is 0. The van der Waals surface area contributed by atoms with Gasteiger partial charge in [0.15, 0.2) is 6.67 Å². The van der Waals surface area contributed by atoms with Crippen LogP contribution in [0.3, 0.4) is 0 Å². The van der Waals surface area contributed by atoms with Gasteiger partial charge in [0.05, 0.1) is 0 Å². The lowest BCUT2D eigenvalue weighted by atomic mass is 10.2. The summed E-state index contributed by atoms with van der Waals surface area (Å²) in [6.07, 6.45) is -2.30. The SMILES string of the molecule is CC([C](F)F)C(=O)NC(F)(F)CF. The van der Waals surface area contributed by atoms with Crippen molar-refractivity contribution in [3.05, 3.63) is 6.43 Å². The van der Waals surface area contributed by atoms with Gasteiger partial charge in [0.25, 0.3) is 0 Å². The number of nitrogens with one attached hydrogen (secondary N) is 1. The predicted octanol–water partition coefficient (Wildman–Crippen LogP) is 1.73. The first kappa shape index (κ1) is 12.1. The molecule has 0 aromatic rings. The van der Waals surface area contributed by atoms with Gasteiger partial charge in [0.2, 0.25) is 5.91 Å². The third kappa shape index (κ3) is 4.05. The molecule has 0 aromatic carbocycles. The molecule has 13 heavy (non-hydrogen) atoms. The molecule has 0 rings (SSSR count). The van der Waals surface area contributed by atoms with Gasteiger partial charge in [-0.3, -0.25) is 10.1 Å². The van der Waals surface area contributed by atoms with Crippen LogP contribution in [0.4, 0.5) is 22.0 Å². The molecular weight excluding hydrogens is 197 g/mol. The second kappa shape index (κ2) is 4.38. The van der Waals surface area contributed by atoms with Gasteiger partial charge in [-0.15, -0.1) is 0 Å². The van der Waals surface area contributed by atoms with E-state index in [-0.39, 0.29) is 0 Å². The second-order valence-corrected chi connectivity index (χ2v) is 2.34. The molecule has 1 radical (unpaired) electrons. The Kier molecular flexibility index (Phi) is 4.09. The fourth-order valence-corrected chi connectivity index (χ4v) is 0.421. The monoisotopic (exact) mass is 204 g/mol. The summed E-state index contributed by atoms with van der Waals surface area (Å²) >= 11 is 0. The zero-order valence-electron chi connectivity index (χ0n) is 6.58. The fraction of sp³-hybridized carbons (Fsp3) is 0.667. The smallest absolute Gasteiger partial charge is 0.295 e. The molecule has 0 saturated carbocycles. The van der Waals surface area contributed by atoms with E-state index in [0.717, 1.165) is 12.2 Å². The molecule has 1 amide bonds. The number of hydrogen-bond acceptors (Lipinski definition) is 1. The van der Waals surface area contributed by atoms with E-state index in [1.165, 1.54) is 0 Å². The van der Waals surface area contributed by atoms with Crippen molar-refractivity contribution in [1.29, 1.82) is 0 Å². The first-order valence-corrected chi connectivity index (χ1v) is 3.24. The molecule has 77 valence electrons. The van der Waals surface area contributed by atoms with Crippen molar-refractivity contribution in [3.63, 3.8) is 0 Å². The number of amides is 1. The Labute approximate surface area is 71.1 Å². The highest BCUT2D eigenvalue weighted by Crippen LogP contribution is 2.19. The molecule has 0 aliphatic carbocycles. The van der Waals surface area contributed by atoms with Crippen LogP contribution in [0.25, 0.3) is 0 Å². The van der Waals surface area contributed by atoms with E-state index in [9.17, 15) is 26.7 Å². The summed E-state index contributed by atoms with van der Waals surface area (Å²) < 4.78 is 58.9. The summed E-state index contributed by atoms with van der Waals surface area (Å²) in [4.78, 5) is 10.5. The Balaban J connectivity index is 4.15. The predicted molar refractivity (Wildman–Crippen MR) is 33.7 cm³/mol. The van der Waals surface area contributed by atoms with Gasteiger partial charge >= 0.3 is 12.5 Å². The standard InChI is InChI=1S/C6H7F5NO/c1-3(4(8)9)5(13)12-6(10,11)2-7/h3H,2H2,1H3,(H,12,13). The summed E-state index contributed by atoms with van der Waals surface area (Å²) in [5.74, 6) is -3.57. The van der Waals surface area contributed by atoms with Crippen molar-refractivity contribution in [2.75, 3.05) is 6.67 Å². The van der Waals surface area contributed by atoms with Crippen molar-refractivity contribution in [2.24, 2.45) is 5.92 Å². The van der Waals surface area contributed by atoms with Crippen molar-refractivity contribution in [1.82, 2.24) is 5.32 Å². The Morgan fingerprint density at radius 1 is 1.46 bits per heavy atom. The van der Waals surface area contributed by atoms with E-state index in [1.54, 1.807) is 0 Å². The van der Waals surface area contributed by atoms with Crippen molar-refractivity contribution >= 4 is 5.91 Å². The van der Waals surface area contributed by atoms with Gasteiger partial charge in [-0.25, -0.2) is 4.39 Å². The Morgan fingerprint density at radius 2 is 1.92 bits per heavy atom. The molecule has 1 unspecified atom stereocenters. The number of halogens is 5. The molecule has 0 aromatic heterocycles. The summed E-state index contributed by atoms with van der Waals surface area (Å²) in [5, 5.41) is 0.839. The number of carbonyl (C=O) groups excluding carboxylic acids is 1. The van der Waals surface area contributed by atoms with Gasteiger partial charge in [-0.2, -0.15) is 17.6 Å². The van der Waals surface area contributed by atoms with Gasteiger partial charge in [-0.05, 0) is 6.92 Å². The molecule has 0 saturated heterocycles. The van der Waals surface area contributed by atoms with E-state index in [1.807, 2.05) is 0 Å². The summed E-state index contributed by atoms with van der Waals surface area (Å²) in [6.45, 7) is -1.39. The van der Waals surface area contributed by atoms with E-state index >= 15 is 0 Å². The van der Waals surface area contributed by atoms with Crippen LogP contribution in [0.5, 0.6) is 0 Å². The zero-order valence-corrected chi connectivity index (χ0v) is 6.58. The van der Waals surface area contributed by atoms with E-state index in [0.29, 0.717) is 0 Å². The van der Waals surface area contributed by atoms with Crippen LogP contribution in [0.1, 0.15) is 6.92 Å². The third-order valence-corrected chi connectivity index (χ3v) is 1.19. The fourth-order valence-electron chi connectivity index (χ4n) is 0.421. The summed E-state index contributed by atoms with van der Waals surface area (Å²) in [6, 6.07) is -4.08. The van der Waals surface area contributed by atoms with E-state index in [2.05, 4.69) is 0 Å². The van der Waals surface area contributed by atoms with Crippen LogP contribution in [-0.2, 0) is 4.79 Å². The lowest BCUT2D eigenvalue weighted by molar-refractivity contribution is -0.139. The van der Waals surface area contributed by atoms with Crippen LogP contribution in [-0.4, -0.2) is 18.6 Å². The molecule has 0 aliphatic rings. The van der Waals surface area contributed by atoms with Crippen LogP contribution in [0.2, 0.25) is 0 Å². The van der Waals surface area contributed by atoms with Crippen LogP contribution >= 0.6 is 0 Å². The van der Waals surface area contributed by atoms with Gasteiger partial charge in [0.1, 0.15) is 5.92 Å². The first-order chi connectivity index (χ1) is 5.80. The highest BCUT2D eigenvalue weighted by Gasteiger charge is 2.35. The first-order valence-electron chi connectivity index (χ1n) is 3.24. The van der Waals surface area contributed by atoms with Crippen molar-refractivity contribution in [2.45, 2.75) is 13.0 Å². The zero-order chi connectivity index (χ0) is 10.6. The normalized spacial score (nSPS) is 14.4. The Hall–Kier alpha value is -0.880. The molecule has 0 spiro atoms. The Bertz CT molecular complexity index is 184. The van der Waals surface area contributed by atoms with Crippen molar-refractivity contribution < 1.29 is 26.7 Å². The summed E-state index contributed by atoms with van der Waals surface area (Å²) in [5.41, 5.74) is 0. The van der Waals surface area contributed by atoms with Crippen LogP contribution in [0, 0.1) is 12.3 Å². The largest absolute Gasteiger partial charge is 0.353 e. The maximum absolute atomic E-state index is 12.1. The molecule has 0 fully saturated rings. The molecule has 0 heterocycles. The molecule has 2 nitrogen and oxygen atoms in total. The number of alkyl halides is 3.